The van der Waals surface area contributed by atoms with Crippen molar-refractivity contribution in [3.8, 4) is 0 Å². The van der Waals surface area contributed by atoms with Crippen molar-refractivity contribution >= 4 is 44.8 Å². The second kappa shape index (κ2) is 6.38. The number of halogens is 3. The van der Waals surface area contributed by atoms with E-state index >= 15 is 0 Å². The number of benzene rings is 1. The normalized spacial score (nSPS) is 18.4. The van der Waals surface area contributed by atoms with E-state index in [4.69, 9.17) is 39.9 Å². The first-order valence-corrected chi connectivity index (χ1v) is 8.69. The molecule has 1 aliphatic heterocycles. The maximum atomic E-state index is 12.6. The smallest absolute Gasteiger partial charge is 0.246 e. The van der Waals surface area contributed by atoms with Crippen molar-refractivity contribution in [3.05, 3.63) is 27.2 Å². The Hall–Kier alpha value is -0.0400. The van der Waals surface area contributed by atoms with E-state index < -0.39 is 10.0 Å². The summed E-state index contributed by atoms with van der Waals surface area (Å²) in [6, 6.07) is 2.73. The molecule has 0 bridgehead atoms. The molecule has 1 aliphatic rings. The van der Waals surface area contributed by atoms with E-state index in [-0.39, 0.29) is 32.5 Å². The van der Waals surface area contributed by atoms with Gasteiger partial charge >= 0.3 is 0 Å². The summed E-state index contributed by atoms with van der Waals surface area (Å²) < 4.78 is 26.5. The van der Waals surface area contributed by atoms with Crippen molar-refractivity contribution in [2.45, 2.75) is 17.7 Å². The average molecular weight is 359 g/mol. The van der Waals surface area contributed by atoms with Crippen LogP contribution in [0, 0.1) is 5.92 Å². The van der Waals surface area contributed by atoms with Gasteiger partial charge in [-0.2, -0.15) is 4.31 Å². The lowest BCUT2D eigenvalue weighted by Gasteiger charge is -2.30. The molecule has 4 nitrogen and oxygen atoms in total. The van der Waals surface area contributed by atoms with E-state index in [2.05, 4.69) is 0 Å². The molecule has 2 rings (SSSR count). The highest BCUT2D eigenvalue weighted by atomic mass is 35.5. The molecule has 112 valence electrons. The van der Waals surface area contributed by atoms with Crippen LogP contribution in [0.3, 0.4) is 0 Å². The van der Waals surface area contributed by atoms with Gasteiger partial charge in [0.15, 0.2) is 0 Å². The number of nitrogens with zero attached hydrogens (tertiary/aromatic N) is 1. The van der Waals surface area contributed by atoms with Crippen LogP contribution in [0.25, 0.3) is 0 Å². The van der Waals surface area contributed by atoms with Gasteiger partial charge in [0.05, 0.1) is 10.0 Å². The van der Waals surface area contributed by atoms with Crippen LogP contribution in [0.1, 0.15) is 12.8 Å². The zero-order chi connectivity index (χ0) is 14.9. The summed E-state index contributed by atoms with van der Waals surface area (Å²) in [6.07, 6.45) is 1.25. The summed E-state index contributed by atoms with van der Waals surface area (Å²) in [5, 5.41) is 9.42. The van der Waals surface area contributed by atoms with Crippen molar-refractivity contribution in [2.75, 3.05) is 19.7 Å². The van der Waals surface area contributed by atoms with Crippen molar-refractivity contribution in [1.82, 2.24) is 4.31 Å². The molecular formula is C12H14Cl3NO3S. The first kappa shape index (κ1) is 16.3. The summed E-state index contributed by atoms with van der Waals surface area (Å²) in [5.74, 6) is 0.151. The molecule has 8 heteroatoms. The Bertz CT molecular complexity index is 575. The van der Waals surface area contributed by atoms with Gasteiger partial charge in [-0.15, -0.1) is 0 Å². The molecule has 0 amide bonds. The van der Waals surface area contributed by atoms with E-state index in [0.29, 0.717) is 25.9 Å². The number of hydrogen-bond acceptors (Lipinski definition) is 3. The number of rotatable bonds is 3. The summed E-state index contributed by atoms with van der Waals surface area (Å²) in [5.41, 5.74) is 0. The Morgan fingerprint density at radius 3 is 2.10 bits per heavy atom. The monoisotopic (exact) mass is 357 g/mol. The maximum Gasteiger partial charge on any atom is 0.246 e. The summed E-state index contributed by atoms with van der Waals surface area (Å²) in [7, 11) is -3.74. The number of hydrogen-bond donors (Lipinski definition) is 1. The van der Waals surface area contributed by atoms with Crippen molar-refractivity contribution in [1.29, 1.82) is 0 Å². The van der Waals surface area contributed by atoms with Crippen LogP contribution in [0.5, 0.6) is 0 Å². The quantitative estimate of drug-likeness (QED) is 0.903. The molecule has 1 fully saturated rings. The van der Waals surface area contributed by atoms with Gasteiger partial charge in [-0.05, 0) is 30.9 Å². The molecule has 0 aliphatic carbocycles. The van der Waals surface area contributed by atoms with Gasteiger partial charge in [-0.1, -0.05) is 34.8 Å². The van der Waals surface area contributed by atoms with Crippen LogP contribution in [0.15, 0.2) is 17.0 Å². The fourth-order valence-electron chi connectivity index (χ4n) is 2.24. The van der Waals surface area contributed by atoms with Crippen LogP contribution in [-0.4, -0.2) is 37.5 Å². The molecule has 1 heterocycles. The van der Waals surface area contributed by atoms with Crippen LogP contribution in [0.2, 0.25) is 15.1 Å². The molecule has 0 unspecified atom stereocenters. The Labute approximate surface area is 133 Å². The van der Waals surface area contributed by atoms with Gasteiger partial charge in [-0.3, -0.25) is 0 Å². The number of aliphatic hydroxyl groups excluding tert-OH is 1. The molecule has 1 aromatic rings. The lowest BCUT2D eigenvalue weighted by atomic mass is 10.00. The molecule has 0 radical (unpaired) electrons. The third-order valence-electron chi connectivity index (χ3n) is 3.39. The summed E-state index contributed by atoms with van der Waals surface area (Å²) >= 11 is 17.8. The van der Waals surface area contributed by atoms with Crippen molar-refractivity contribution in [3.63, 3.8) is 0 Å². The highest BCUT2D eigenvalue weighted by Gasteiger charge is 2.32. The lowest BCUT2D eigenvalue weighted by Crippen LogP contribution is -2.39. The molecule has 20 heavy (non-hydrogen) atoms. The minimum absolute atomic E-state index is 0.0202. The molecule has 1 saturated heterocycles. The zero-order valence-electron chi connectivity index (χ0n) is 10.5. The molecule has 0 atom stereocenters. The van der Waals surface area contributed by atoms with Crippen LogP contribution >= 0.6 is 34.8 Å². The van der Waals surface area contributed by atoms with Crippen LogP contribution in [-0.2, 0) is 10.0 Å². The van der Waals surface area contributed by atoms with Gasteiger partial charge in [0.1, 0.15) is 4.90 Å². The first-order valence-electron chi connectivity index (χ1n) is 6.12. The van der Waals surface area contributed by atoms with E-state index in [1.807, 2.05) is 0 Å². The average Bonchev–Trinajstić information content (AvgIpc) is 2.37. The Kier molecular flexibility index (Phi) is 5.21. The van der Waals surface area contributed by atoms with Gasteiger partial charge in [0.25, 0.3) is 0 Å². The highest BCUT2D eigenvalue weighted by molar-refractivity contribution is 7.89. The number of piperidine rings is 1. The second-order valence-corrected chi connectivity index (χ2v) is 7.85. The Balaban J connectivity index is 2.32. The van der Waals surface area contributed by atoms with Gasteiger partial charge in [0, 0.05) is 24.7 Å². The van der Waals surface area contributed by atoms with E-state index in [9.17, 15) is 8.42 Å². The topological polar surface area (TPSA) is 57.6 Å². The second-order valence-electron chi connectivity index (χ2n) is 4.73. The minimum Gasteiger partial charge on any atom is -0.396 e. The van der Waals surface area contributed by atoms with Gasteiger partial charge in [-0.25, -0.2) is 8.42 Å². The Morgan fingerprint density at radius 1 is 1.15 bits per heavy atom. The predicted molar refractivity (Wildman–Crippen MR) is 80.0 cm³/mol. The molecule has 0 saturated carbocycles. The van der Waals surface area contributed by atoms with E-state index in [1.165, 1.54) is 16.4 Å². The fraction of sp³-hybridized carbons (Fsp3) is 0.500. The van der Waals surface area contributed by atoms with Crippen molar-refractivity contribution < 1.29 is 13.5 Å². The molecule has 1 N–H and O–H groups in total. The van der Waals surface area contributed by atoms with Gasteiger partial charge in [0.2, 0.25) is 10.0 Å². The molecule has 0 spiro atoms. The third-order valence-corrected chi connectivity index (χ3v) is 6.43. The number of sulfonamides is 1. The largest absolute Gasteiger partial charge is 0.396 e. The maximum absolute atomic E-state index is 12.6. The third kappa shape index (κ3) is 3.24. The fourth-order valence-corrected chi connectivity index (χ4v) is 5.20. The summed E-state index contributed by atoms with van der Waals surface area (Å²) in [4.78, 5) is -0.104. The van der Waals surface area contributed by atoms with E-state index in [1.54, 1.807) is 0 Å². The summed E-state index contributed by atoms with van der Waals surface area (Å²) in [6.45, 7) is 0.780. The molecule has 0 aromatic heterocycles. The minimum atomic E-state index is -3.74. The van der Waals surface area contributed by atoms with E-state index in [0.717, 1.165) is 0 Å². The van der Waals surface area contributed by atoms with Crippen molar-refractivity contribution in [2.24, 2.45) is 5.92 Å². The zero-order valence-corrected chi connectivity index (χ0v) is 13.6. The number of aliphatic hydroxyl groups is 1. The lowest BCUT2D eigenvalue weighted by molar-refractivity contribution is 0.170. The molecule has 1 aromatic carbocycles. The highest BCUT2D eigenvalue weighted by Crippen LogP contribution is 2.35. The standard InChI is InChI=1S/C12H14Cl3NO3S/c13-9-5-10(14)12(11(15)6-9)20(18,19)16-3-1-8(7-17)2-4-16/h5-6,8,17H,1-4,7H2. The predicted octanol–water partition coefficient (Wildman–Crippen LogP) is 3.04. The first-order chi connectivity index (χ1) is 9.36. The van der Waals surface area contributed by atoms with Crippen LogP contribution < -0.4 is 0 Å². The molecular weight excluding hydrogens is 345 g/mol. The van der Waals surface area contributed by atoms with Gasteiger partial charge < -0.3 is 5.11 Å². The van der Waals surface area contributed by atoms with Crippen LogP contribution in [0.4, 0.5) is 0 Å². The SMILES string of the molecule is O=S(=O)(c1c(Cl)cc(Cl)cc1Cl)N1CCC(CO)CC1. The Morgan fingerprint density at radius 2 is 1.65 bits per heavy atom.